The van der Waals surface area contributed by atoms with Gasteiger partial charge in [-0.2, -0.15) is 0 Å². The number of hydrogen-bond acceptors (Lipinski definition) is 1. The molecule has 1 N–H and O–H groups in total. The molecule has 2 fully saturated rings. The third-order valence-corrected chi connectivity index (χ3v) is 6.41. The molecule has 0 radical (unpaired) electrons. The van der Waals surface area contributed by atoms with Crippen LogP contribution in [-0.4, -0.2) is 5.11 Å². The number of phenolic OH excluding ortho intramolecular Hbond substituents is 1. The van der Waals surface area contributed by atoms with Gasteiger partial charge in [-0.3, -0.25) is 0 Å². The van der Waals surface area contributed by atoms with Crippen LogP contribution in [0.1, 0.15) is 69.3 Å². The Bertz CT molecular complexity index is 661. The summed E-state index contributed by atoms with van der Waals surface area (Å²) in [7, 11) is 0. The second-order valence-corrected chi connectivity index (χ2v) is 7.80. The molecule has 1 nitrogen and oxygen atoms in total. The molecule has 0 bridgehead atoms. The lowest BCUT2D eigenvalue weighted by molar-refractivity contribution is 0.186. The summed E-state index contributed by atoms with van der Waals surface area (Å²) in [6.07, 6.45) is 12.9. The van der Waals surface area contributed by atoms with Crippen molar-refractivity contribution in [2.24, 2.45) is 11.8 Å². The van der Waals surface area contributed by atoms with Crippen molar-refractivity contribution in [3.05, 3.63) is 42.0 Å². The normalized spacial score (nSPS) is 26.4. The average molecular weight is 308 g/mol. The van der Waals surface area contributed by atoms with Crippen molar-refractivity contribution in [3.63, 3.8) is 0 Å². The zero-order valence-corrected chi connectivity index (χ0v) is 14.0. The lowest BCUT2D eigenvalue weighted by Crippen LogP contribution is -2.23. The van der Waals surface area contributed by atoms with Gasteiger partial charge in [0.1, 0.15) is 5.75 Å². The van der Waals surface area contributed by atoms with Crippen LogP contribution in [0.3, 0.4) is 0 Å². The van der Waals surface area contributed by atoms with Crippen molar-refractivity contribution in [2.45, 2.75) is 63.7 Å². The zero-order chi connectivity index (χ0) is 15.6. The molecule has 2 aliphatic carbocycles. The van der Waals surface area contributed by atoms with Gasteiger partial charge >= 0.3 is 0 Å². The molecule has 0 unspecified atom stereocenters. The molecule has 0 saturated heterocycles. The van der Waals surface area contributed by atoms with Crippen LogP contribution in [0.2, 0.25) is 0 Å². The zero-order valence-electron chi connectivity index (χ0n) is 14.0. The Hall–Kier alpha value is -1.50. The average Bonchev–Trinajstić information content (AvgIpc) is 2.62. The molecular weight excluding hydrogens is 280 g/mol. The van der Waals surface area contributed by atoms with Crippen molar-refractivity contribution in [1.29, 1.82) is 0 Å². The van der Waals surface area contributed by atoms with E-state index in [0.29, 0.717) is 5.75 Å². The summed E-state index contributed by atoms with van der Waals surface area (Å²) in [5.41, 5.74) is 1.48. The van der Waals surface area contributed by atoms with Gasteiger partial charge in [-0.25, -0.2) is 0 Å². The molecule has 2 saturated carbocycles. The highest BCUT2D eigenvalue weighted by Crippen LogP contribution is 2.43. The molecule has 2 aromatic rings. The molecule has 23 heavy (non-hydrogen) atoms. The van der Waals surface area contributed by atoms with E-state index in [1.807, 2.05) is 12.1 Å². The Kier molecular flexibility index (Phi) is 4.29. The summed E-state index contributed by atoms with van der Waals surface area (Å²) in [6.45, 7) is 0. The first-order chi connectivity index (χ1) is 11.3. The van der Waals surface area contributed by atoms with E-state index in [-0.39, 0.29) is 0 Å². The Balaban J connectivity index is 1.45. The second kappa shape index (κ2) is 6.55. The van der Waals surface area contributed by atoms with Crippen molar-refractivity contribution in [1.82, 2.24) is 0 Å². The first-order valence-electron chi connectivity index (χ1n) is 9.52. The molecular formula is C22H28O. The van der Waals surface area contributed by atoms with Gasteiger partial charge in [-0.15, -0.1) is 0 Å². The van der Waals surface area contributed by atoms with Crippen LogP contribution in [0.4, 0.5) is 0 Å². The van der Waals surface area contributed by atoms with Crippen LogP contribution in [0.5, 0.6) is 5.75 Å². The standard InChI is InChI=1S/C22H28O/c23-22-13-12-19-10-11-20(14-21(19)15-22)18-8-6-17(7-9-18)16-4-2-1-3-5-16/h10-18,23H,1-9H2. The molecule has 0 heterocycles. The van der Waals surface area contributed by atoms with Crippen LogP contribution in [0, 0.1) is 11.8 Å². The Labute approximate surface area is 139 Å². The van der Waals surface area contributed by atoms with Crippen LogP contribution in [-0.2, 0) is 0 Å². The van der Waals surface area contributed by atoms with E-state index in [4.69, 9.17) is 0 Å². The summed E-state index contributed by atoms with van der Waals surface area (Å²) in [5, 5.41) is 12.1. The topological polar surface area (TPSA) is 20.2 Å². The minimum atomic E-state index is 0.371. The minimum absolute atomic E-state index is 0.371. The SMILES string of the molecule is Oc1ccc2ccc(C3CCC(C4CCCCC4)CC3)cc2c1. The van der Waals surface area contributed by atoms with Gasteiger partial charge in [0.25, 0.3) is 0 Å². The highest BCUT2D eigenvalue weighted by molar-refractivity contribution is 5.84. The Morgan fingerprint density at radius 2 is 1.35 bits per heavy atom. The van der Waals surface area contributed by atoms with Gasteiger partial charge in [0.15, 0.2) is 0 Å². The summed E-state index contributed by atoms with van der Waals surface area (Å²) < 4.78 is 0. The number of phenols is 1. The second-order valence-electron chi connectivity index (χ2n) is 7.80. The van der Waals surface area contributed by atoms with Gasteiger partial charge in [-0.05, 0) is 71.9 Å². The molecule has 1 heteroatoms. The van der Waals surface area contributed by atoms with E-state index in [2.05, 4.69) is 18.2 Å². The Morgan fingerprint density at radius 1 is 0.652 bits per heavy atom. The lowest BCUT2D eigenvalue weighted by Gasteiger charge is -2.36. The molecule has 0 spiro atoms. The molecule has 0 aromatic heterocycles. The quantitative estimate of drug-likeness (QED) is 0.680. The first-order valence-corrected chi connectivity index (χ1v) is 9.52. The third-order valence-electron chi connectivity index (χ3n) is 6.41. The number of aromatic hydroxyl groups is 1. The maximum Gasteiger partial charge on any atom is 0.116 e. The van der Waals surface area contributed by atoms with Crippen molar-refractivity contribution in [2.75, 3.05) is 0 Å². The largest absolute Gasteiger partial charge is 0.508 e. The minimum Gasteiger partial charge on any atom is -0.508 e. The van der Waals surface area contributed by atoms with Crippen LogP contribution >= 0.6 is 0 Å². The summed E-state index contributed by atoms with van der Waals surface area (Å²) in [5.74, 6) is 3.12. The number of hydrogen-bond donors (Lipinski definition) is 1. The van der Waals surface area contributed by atoms with Crippen molar-refractivity contribution < 1.29 is 5.11 Å². The van der Waals surface area contributed by atoms with E-state index in [0.717, 1.165) is 17.8 Å². The van der Waals surface area contributed by atoms with Gasteiger partial charge in [0, 0.05) is 0 Å². The van der Waals surface area contributed by atoms with E-state index in [9.17, 15) is 5.11 Å². The fourth-order valence-electron chi connectivity index (χ4n) is 5.04. The molecule has 0 aliphatic heterocycles. The molecule has 0 amide bonds. The fraction of sp³-hybridized carbons (Fsp3) is 0.545. The predicted molar refractivity (Wildman–Crippen MR) is 96.9 cm³/mol. The van der Waals surface area contributed by atoms with Gasteiger partial charge in [0.2, 0.25) is 0 Å². The highest BCUT2D eigenvalue weighted by Gasteiger charge is 2.29. The van der Waals surface area contributed by atoms with Crippen LogP contribution < -0.4 is 0 Å². The fourth-order valence-corrected chi connectivity index (χ4v) is 5.04. The van der Waals surface area contributed by atoms with Gasteiger partial charge in [-0.1, -0.05) is 56.4 Å². The molecule has 2 aromatic carbocycles. The van der Waals surface area contributed by atoms with Gasteiger partial charge < -0.3 is 5.11 Å². The highest BCUT2D eigenvalue weighted by atomic mass is 16.3. The number of fused-ring (bicyclic) bond motifs is 1. The summed E-state index contributed by atoms with van der Waals surface area (Å²) in [6, 6.07) is 12.5. The van der Waals surface area contributed by atoms with Crippen molar-refractivity contribution in [3.8, 4) is 5.75 Å². The summed E-state index contributed by atoms with van der Waals surface area (Å²) in [4.78, 5) is 0. The van der Waals surface area contributed by atoms with E-state index in [1.54, 1.807) is 6.07 Å². The maximum atomic E-state index is 9.71. The molecule has 122 valence electrons. The molecule has 4 rings (SSSR count). The molecule has 2 aliphatic rings. The van der Waals surface area contributed by atoms with Crippen molar-refractivity contribution >= 4 is 10.8 Å². The predicted octanol–water partition coefficient (Wildman–Crippen LogP) is 6.40. The van der Waals surface area contributed by atoms with Crippen LogP contribution in [0.15, 0.2) is 36.4 Å². The maximum absolute atomic E-state index is 9.71. The number of benzene rings is 2. The first kappa shape index (κ1) is 15.1. The summed E-state index contributed by atoms with van der Waals surface area (Å²) >= 11 is 0. The number of rotatable bonds is 2. The van der Waals surface area contributed by atoms with E-state index < -0.39 is 0 Å². The Morgan fingerprint density at radius 3 is 2.13 bits per heavy atom. The van der Waals surface area contributed by atoms with Gasteiger partial charge in [0.05, 0.1) is 0 Å². The van der Waals surface area contributed by atoms with E-state index in [1.165, 1.54) is 74.1 Å². The van der Waals surface area contributed by atoms with Crippen LogP contribution in [0.25, 0.3) is 10.8 Å². The van der Waals surface area contributed by atoms with E-state index >= 15 is 0 Å². The lowest BCUT2D eigenvalue weighted by atomic mass is 9.70. The molecule has 0 atom stereocenters. The smallest absolute Gasteiger partial charge is 0.116 e. The monoisotopic (exact) mass is 308 g/mol. The third kappa shape index (κ3) is 3.24.